The van der Waals surface area contributed by atoms with Crippen LogP contribution in [0.1, 0.15) is 52.4 Å². The summed E-state index contributed by atoms with van der Waals surface area (Å²) in [5.74, 6) is -3.21. The van der Waals surface area contributed by atoms with E-state index >= 15 is 0 Å². The van der Waals surface area contributed by atoms with Crippen molar-refractivity contribution in [2.45, 2.75) is 57.5 Å². The molecule has 26 heavy (non-hydrogen) atoms. The zero-order chi connectivity index (χ0) is 20.2. The lowest BCUT2D eigenvalue weighted by molar-refractivity contribution is -0.159. The van der Waals surface area contributed by atoms with Gasteiger partial charge in [0, 0.05) is 0 Å². The molecule has 0 aliphatic carbocycles. The smallest absolute Gasteiger partial charge is 0.343 e. The van der Waals surface area contributed by atoms with Crippen LogP contribution in [0.25, 0.3) is 0 Å². The number of carbonyl (C=O) groups is 2. The van der Waals surface area contributed by atoms with Crippen LogP contribution < -0.4 is 0 Å². The quantitative estimate of drug-likeness (QED) is 0.266. The van der Waals surface area contributed by atoms with Crippen molar-refractivity contribution in [2.24, 2.45) is 5.92 Å². The molecule has 0 aromatic rings. The van der Waals surface area contributed by atoms with Gasteiger partial charge in [0.05, 0.1) is 5.92 Å². The van der Waals surface area contributed by atoms with Crippen LogP contribution in [-0.4, -0.2) is 40.1 Å². The van der Waals surface area contributed by atoms with Crippen LogP contribution in [0.2, 0.25) is 0 Å². The monoisotopic (exact) mass is 390 g/mol. The van der Waals surface area contributed by atoms with Crippen LogP contribution in [0.5, 0.6) is 0 Å². The summed E-state index contributed by atoms with van der Waals surface area (Å²) in [6.45, 7) is 10.3. The van der Waals surface area contributed by atoms with Crippen molar-refractivity contribution in [1.29, 1.82) is 0 Å². The molecule has 0 heterocycles. The van der Waals surface area contributed by atoms with Gasteiger partial charge in [-0.15, -0.1) is 0 Å². The molecule has 0 bridgehead atoms. The molecule has 2 unspecified atom stereocenters. The van der Waals surface area contributed by atoms with Crippen LogP contribution in [0.3, 0.4) is 0 Å². The molecule has 0 spiro atoms. The second-order valence-corrected chi connectivity index (χ2v) is 7.96. The molecule has 0 fully saturated rings. The first kappa shape index (κ1) is 24.6. The maximum Gasteiger partial charge on any atom is 0.343 e. The van der Waals surface area contributed by atoms with E-state index in [-0.39, 0.29) is 26.1 Å². The van der Waals surface area contributed by atoms with E-state index in [1.165, 1.54) is 12.2 Å². The molecule has 2 atom stereocenters. The molecule has 0 aromatic carbocycles. The summed E-state index contributed by atoms with van der Waals surface area (Å²) in [4.78, 5) is 45.6. The fourth-order valence-electron chi connectivity index (χ4n) is 2.79. The van der Waals surface area contributed by atoms with Crippen molar-refractivity contribution >= 4 is 19.5 Å². The van der Waals surface area contributed by atoms with E-state index < -0.39 is 30.6 Å². The van der Waals surface area contributed by atoms with Gasteiger partial charge in [0.1, 0.15) is 13.2 Å². The minimum absolute atomic E-state index is 0.103. The molecule has 0 aliphatic heterocycles. The highest BCUT2D eigenvalue weighted by molar-refractivity contribution is 7.54. The van der Waals surface area contributed by atoms with Gasteiger partial charge in [-0.1, -0.05) is 64.8 Å². The van der Waals surface area contributed by atoms with Crippen molar-refractivity contribution < 1.29 is 33.4 Å². The number of unbranched alkanes of at least 4 members (excludes halogenated alkanes) is 2. The third-order valence-electron chi connectivity index (χ3n) is 4.17. The second-order valence-electron chi connectivity index (χ2n) is 6.07. The van der Waals surface area contributed by atoms with Crippen molar-refractivity contribution in [3.8, 4) is 0 Å². The Bertz CT molecular complexity index is 526. The van der Waals surface area contributed by atoms with Gasteiger partial charge in [-0.25, -0.2) is 0 Å². The van der Waals surface area contributed by atoms with E-state index in [2.05, 4.69) is 13.2 Å². The Kier molecular flexibility index (Phi) is 11.4. The highest BCUT2D eigenvalue weighted by Crippen LogP contribution is 2.59. The number of rotatable bonds is 14. The first-order chi connectivity index (χ1) is 12.2. The Balaban J connectivity index is 6.21. The predicted octanol–water partition coefficient (Wildman–Crippen LogP) is 3.36. The fraction of sp³-hybridized carbons (Fsp3) is 0.667. The average Bonchev–Trinajstić information content (AvgIpc) is 2.59. The Hall–Kier alpha value is -1.43. The van der Waals surface area contributed by atoms with E-state index in [9.17, 15) is 23.9 Å². The normalized spacial score (nSPS) is 14.8. The Morgan fingerprint density at radius 1 is 1.08 bits per heavy atom. The molecule has 0 saturated heterocycles. The lowest BCUT2D eigenvalue weighted by Crippen LogP contribution is -2.50. The maximum atomic E-state index is 12.8. The predicted molar refractivity (Wildman–Crippen MR) is 99.6 cm³/mol. The molecule has 2 N–H and O–H groups in total. The van der Waals surface area contributed by atoms with Crippen LogP contribution in [0, 0.1) is 5.92 Å². The minimum atomic E-state index is -5.05. The minimum Gasteiger partial charge on any atom is -0.461 e. The van der Waals surface area contributed by atoms with Gasteiger partial charge in [0.25, 0.3) is 0 Å². The van der Waals surface area contributed by atoms with Crippen molar-refractivity contribution in [3.63, 3.8) is 0 Å². The van der Waals surface area contributed by atoms with Crippen molar-refractivity contribution in [2.75, 3.05) is 13.2 Å². The zero-order valence-electron chi connectivity index (χ0n) is 15.7. The molecule has 0 aliphatic rings. The molecule has 7 nitrogen and oxygen atoms in total. The van der Waals surface area contributed by atoms with Crippen molar-refractivity contribution in [1.82, 2.24) is 0 Å². The van der Waals surface area contributed by atoms with E-state index in [1.807, 2.05) is 13.8 Å². The van der Waals surface area contributed by atoms with Crippen LogP contribution in [0.4, 0.5) is 0 Å². The van der Waals surface area contributed by atoms with Crippen LogP contribution in [0.15, 0.2) is 25.3 Å². The summed E-state index contributed by atoms with van der Waals surface area (Å²) < 4.78 is 22.6. The molecule has 0 rings (SSSR count). The summed E-state index contributed by atoms with van der Waals surface area (Å²) in [5, 5.41) is -2.26. The fourth-order valence-corrected chi connectivity index (χ4v) is 4.19. The molecule has 0 aromatic heterocycles. The zero-order valence-corrected chi connectivity index (χ0v) is 16.6. The third kappa shape index (κ3) is 6.38. The second kappa shape index (κ2) is 12.0. The topological polar surface area (TPSA) is 110 Å². The lowest BCUT2D eigenvalue weighted by Gasteiger charge is -2.37. The first-order valence-electron chi connectivity index (χ1n) is 8.84. The molecule has 8 heteroatoms. The van der Waals surface area contributed by atoms with Gasteiger partial charge in [-0.3, -0.25) is 14.2 Å². The number of hydrogen-bond donors (Lipinski definition) is 2. The summed E-state index contributed by atoms with van der Waals surface area (Å²) in [6, 6.07) is 0. The third-order valence-corrected chi connectivity index (χ3v) is 5.93. The van der Waals surface area contributed by atoms with Gasteiger partial charge >= 0.3 is 19.5 Å². The molecule has 0 radical (unpaired) electrons. The number of hydrogen-bond acceptors (Lipinski definition) is 5. The van der Waals surface area contributed by atoms with Crippen LogP contribution in [-0.2, 0) is 23.6 Å². The van der Waals surface area contributed by atoms with Gasteiger partial charge in [-0.05, 0) is 12.8 Å². The van der Waals surface area contributed by atoms with Gasteiger partial charge in [0.15, 0.2) is 5.16 Å². The van der Waals surface area contributed by atoms with Crippen molar-refractivity contribution in [3.05, 3.63) is 25.3 Å². The maximum absolute atomic E-state index is 12.8. The number of ether oxygens (including phenoxy) is 2. The van der Waals surface area contributed by atoms with Gasteiger partial charge in [-0.2, -0.15) is 0 Å². The van der Waals surface area contributed by atoms with Gasteiger partial charge in [0.2, 0.25) is 0 Å². The standard InChI is InChI=1S/C18H31O7P/c1-5-9-11-15(16(19)24-13-7-3)18(12-10-6-2,26(21,22)23)17(20)25-14-8-4/h7-8,15H,3-6,9-14H2,1-2H3,(H2,21,22,23). The largest absolute Gasteiger partial charge is 0.461 e. The SMILES string of the molecule is C=CCOC(=O)C(CCCC)C(CCCC)(C(=O)OCC=C)P(=O)(O)O. The van der Waals surface area contributed by atoms with E-state index in [0.717, 1.165) is 0 Å². The Morgan fingerprint density at radius 3 is 2.08 bits per heavy atom. The molecular weight excluding hydrogens is 359 g/mol. The molecule has 150 valence electrons. The molecular formula is C18H31O7P. The summed E-state index contributed by atoms with van der Waals surface area (Å²) in [5.41, 5.74) is 0. The summed E-state index contributed by atoms with van der Waals surface area (Å²) in [7, 11) is -5.05. The summed E-state index contributed by atoms with van der Waals surface area (Å²) in [6.07, 6.45) is 4.76. The first-order valence-corrected chi connectivity index (χ1v) is 10.4. The van der Waals surface area contributed by atoms with E-state index in [1.54, 1.807) is 0 Å². The lowest BCUT2D eigenvalue weighted by atomic mass is 9.83. The van der Waals surface area contributed by atoms with E-state index in [4.69, 9.17) is 9.47 Å². The van der Waals surface area contributed by atoms with Gasteiger partial charge < -0.3 is 19.3 Å². The molecule has 0 amide bonds. The summed E-state index contributed by atoms with van der Waals surface area (Å²) >= 11 is 0. The molecule has 0 saturated carbocycles. The Morgan fingerprint density at radius 2 is 1.62 bits per heavy atom. The highest BCUT2D eigenvalue weighted by atomic mass is 31.2. The van der Waals surface area contributed by atoms with E-state index in [0.29, 0.717) is 25.7 Å². The highest BCUT2D eigenvalue weighted by Gasteiger charge is 2.61. The number of carbonyl (C=O) groups excluding carboxylic acids is 2. The van der Waals surface area contributed by atoms with Crippen LogP contribution >= 0.6 is 7.60 Å². The number of esters is 2. The average molecular weight is 390 g/mol. The Labute approximate surface area is 155 Å².